The molecule has 0 aromatic heterocycles. The summed E-state index contributed by atoms with van der Waals surface area (Å²) < 4.78 is 4.80. The average Bonchev–Trinajstić information content (AvgIpc) is 2.36. The Morgan fingerprint density at radius 1 is 1.14 bits per heavy atom. The van der Waals surface area contributed by atoms with Gasteiger partial charge < -0.3 is 20.3 Å². The van der Waals surface area contributed by atoms with Crippen LogP contribution in [0.2, 0.25) is 0 Å². The molecule has 0 aliphatic heterocycles. The Balaban J connectivity index is 4.59. The van der Waals surface area contributed by atoms with Gasteiger partial charge in [-0.15, -0.1) is 0 Å². The monoisotopic (exact) mass is 303 g/mol. The summed E-state index contributed by atoms with van der Waals surface area (Å²) in [6, 6.07) is -1.24. The summed E-state index contributed by atoms with van der Waals surface area (Å²) in [5, 5.41) is 21.0. The van der Waals surface area contributed by atoms with E-state index in [1.54, 1.807) is 6.92 Å². The van der Waals surface area contributed by atoms with Crippen molar-refractivity contribution >= 4 is 17.8 Å². The van der Waals surface area contributed by atoms with Gasteiger partial charge in [-0.05, 0) is 25.7 Å². The molecular formula is C14H25NO6. The molecule has 7 nitrogen and oxygen atoms in total. The van der Waals surface area contributed by atoms with Crippen molar-refractivity contribution in [3.63, 3.8) is 0 Å². The van der Waals surface area contributed by atoms with Gasteiger partial charge in [0.25, 0.3) is 0 Å². The number of esters is 1. The topological polar surface area (TPSA) is 113 Å². The molecule has 0 saturated heterocycles. The zero-order valence-electron chi connectivity index (χ0n) is 13.0. The van der Waals surface area contributed by atoms with Crippen LogP contribution in [0.15, 0.2) is 0 Å². The van der Waals surface area contributed by atoms with Crippen molar-refractivity contribution in [2.45, 2.75) is 52.7 Å². The molecule has 0 saturated carbocycles. The van der Waals surface area contributed by atoms with E-state index in [-0.39, 0.29) is 25.4 Å². The number of ether oxygens (including phenoxy) is 1. The van der Waals surface area contributed by atoms with Crippen LogP contribution < -0.4 is 5.32 Å². The smallest absolute Gasteiger partial charge is 0.326 e. The van der Waals surface area contributed by atoms with Gasteiger partial charge in [-0.3, -0.25) is 9.59 Å². The Morgan fingerprint density at radius 2 is 1.71 bits per heavy atom. The summed E-state index contributed by atoms with van der Waals surface area (Å²) >= 11 is 0. The number of nitrogens with one attached hydrogen (secondary N) is 1. The summed E-state index contributed by atoms with van der Waals surface area (Å²) in [5.41, 5.74) is 0. The predicted octanol–water partition coefficient (Wildman–Crippen LogP) is 0.552. The fourth-order valence-electron chi connectivity index (χ4n) is 1.78. The molecular weight excluding hydrogens is 278 g/mol. The second-order valence-electron chi connectivity index (χ2n) is 5.43. The van der Waals surface area contributed by atoms with Crippen LogP contribution in [0, 0.1) is 11.8 Å². The van der Waals surface area contributed by atoms with Crippen LogP contribution in [0.3, 0.4) is 0 Å². The van der Waals surface area contributed by atoms with Crippen molar-refractivity contribution in [3.8, 4) is 0 Å². The van der Waals surface area contributed by atoms with Crippen molar-refractivity contribution in [1.29, 1.82) is 0 Å². The maximum absolute atomic E-state index is 11.7. The maximum Gasteiger partial charge on any atom is 0.326 e. The molecule has 0 spiro atoms. The lowest BCUT2D eigenvalue weighted by molar-refractivity contribution is -0.149. The van der Waals surface area contributed by atoms with E-state index in [9.17, 15) is 19.5 Å². The van der Waals surface area contributed by atoms with Gasteiger partial charge in [0.15, 0.2) is 0 Å². The van der Waals surface area contributed by atoms with E-state index in [0.29, 0.717) is 0 Å². The van der Waals surface area contributed by atoms with Crippen LogP contribution >= 0.6 is 0 Å². The first-order valence-electron chi connectivity index (χ1n) is 7.06. The third-order valence-corrected chi connectivity index (χ3v) is 2.89. The number of aliphatic hydroxyl groups is 1. The zero-order valence-corrected chi connectivity index (χ0v) is 13.0. The highest BCUT2D eigenvalue weighted by atomic mass is 16.5. The number of carboxylic acids is 1. The molecule has 0 bridgehead atoms. The number of hydrogen-bond acceptors (Lipinski definition) is 5. The lowest BCUT2D eigenvalue weighted by Gasteiger charge is -2.20. The number of amides is 1. The lowest BCUT2D eigenvalue weighted by Crippen LogP contribution is -2.47. The molecule has 0 fully saturated rings. The summed E-state index contributed by atoms with van der Waals surface area (Å²) in [6.07, 6.45) is -1.11. The molecule has 3 atom stereocenters. The molecule has 0 radical (unpaired) electrons. The Bertz CT molecular complexity index is 368. The zero-order chi connectivity index (χ0) is 16.6. The molecule has 0 aromatic carbocycles. The number of aliphatic hydroxyl groups excluding tert-OH is 1. The minimum Gasteiger partial charge on any atom is -0.480 e. The SMILES string of the molecule is CCOC(=O)[C@H](C)C[C@@H](NC(=O)[C@@H](O)CC(C)C)C(=O)O. The van der Waals surface area contributed by atoms with Crippen LogP contribution in [0.1, 0.15) is 40.5 Å². The highest BCUT2D eigenvalue weighted by Crippen LogP contribution is 2.10. The number of carbonyl (C=O) groups is 3. The minimum atomic E-state index is -1.26. The molecule has 0 heterocycles. The third-order valence-electron chi connectivity index (χ3n) is 2.89. The molecule has 0 rings (SSSR count). The van der Waals surface area contributed by atoms with Gasteiger partial charge in [0.2, 0.25) is 5.91 Å². The first kappa shape index (κ1) is 19.4. The molecule has 1 amide bonds. The highest BCUT2D eigenvalue weighted by molar-refractivity contribution is 5.86. The van der Waals surface area contributed by atoms with Gasteiger partial charge in [-0.25, -0.2) is 4.79 Å². The quantitative estimate of drug-likeness (QED) is 0.536. The molecule has 21 heavy (non-hydrogen) atoms. The Kier molecular flexibility index (Phi) is 8.61. The van der Waals surface area contributed by atoms with E-state index in [0.717, 1.165) is 0 Å². The summed E-state index contributed by atoms with van der Waals surface area (Å²) in [6.45, 7) is 7.08. The maximum atomic E-state index is 11.7. The standard InChI is InChI=1S/C14H25NO6/c1-5-21-14(20)9(4)7-10(13(18)19)15-12(17)11(16)6-8(2)3/h8-11,16H,5-7H2,1-4H3,(H,15,17)(H,18,19)/t9-,10-,11+/m1/s1. The van der Waals surface area contributed by atoms with Crippen LogP contribution in [0.4, 0.5) is 0 Å². The Labute approximate surface area is 124 Å². The molecule has 0 aliphatic carbocycles. The fourth-order valence-corrected chi connectivity index (χ4v) is 1.78. The molecule has 0 unspecified atom stereocenters. The lowest BCUT2D eigenvalue weighted by atomic mass is 10.0. The number of rotatable bonds is 9. The van der Waals surface area contributed by atoms with Gasteiger partial charge in [-0.2, -0.15) is 0 Å². The van der Waals surface area contributed by atoms with Crippen LogP contribution in [0.5, 0.6) is 0 Å². The van der Waals surface area contributed by atoms with Crippen molar-refractivity contribution in [2.75, 3.05) is 6.61 Å². The Morgan fingerprint density at radius 3 is 2.14 bits per heavy atom. The highest BCUT2D eigenvalue weighted by Gasteiger charge is 2.28. The number of carbonyl (C=O) groups excluding carboxylic acids is 2. The summed E-state index contributed by atoms with van der Waals surface area (Å²) in [4.78, 5) is 34.4. The van der Waals surface area contributed by atoms with Gasteiger partial charge in [0, 0.05) is 0 Å². The third kappa shape index (κ3) is 7.65. The molecule has 7 heteroatoms. The van der Waals surface area contributed by atoms with Gasteiger partial charge in [0.1, 0.15) is 12.1 Å². The van der Waals surface area contributed by atoms with Crippen LogP contribution in [0.25, 0.3) is 0 Å². The second kappa shape index (κ2) is 9.33. The van der Waals surface area contributed by atoms with Crippen LogP contribution in [-0.2, 0) is 19.1 Å². The number of aliphatic carboxylic acids is 1. The van der Waals surface area contributed by atoms with E-state index in [2.05, 4.69) is 5.32 Å². The summed E-state index contributed by atoms with van der Waals surface area (Å²) in [5.74, 6) is -3.06. The Hall–Kier alpha value is -1.63. The first-order valence-corrected chi connectivity index (χ1v) is 7.06. The van der Waals surface area contributed by atoms with E-state index in [1.807, 2.05) is 13.8 Å². The fraction of sp³-hybridized carbons (Fsp3) is 0.786. The van der Waals surface area contributed by atoms with E-state index in [1.165, 1.54) is 6.92 Å². The predicted molar refractivity (Wildman–Crippen MR) is 75.4 cm³/mol. The minimum absolute atomic E-state index is 0.0890. The van der Waals surface area contributed by atoms with E-state index < -0.39 is 35.9 Å². The van der Waals surface area contributed by atoms with E-state index >= 15 is 0 Å². The second-order valence-corrected chi connectivity index (χ2v) is 5.43. The van der Waals surface area contributed by atoms with Crippen molar-refractivity contribution < 1.29 is 29.3 Å². The van der Waals surface area contributed by atoms with E-state index in [4.69, 9.17) is 9.84 Å². The average molecular weight is 303 g/mol. The normalized spacial score (nSPS) is 15.1. The molecule has 122 valence electrons. The van der Waals surface area contributed by atoms with Crippen LogP contribution in [-0.4, -0.2) is 46.8 Å². The van der Waals surface area contributed by atoms with Crippen molar-refractivity contribution in [1.82, 2.24) is 5.32 Å². The van der Waals surface area contributed by atoms with Crippen molar-refractivity contribution in [2.24, 2.45) is 11.8 Å². The van der Waals surface area contributed by atoms with Gasteiger partial charge >= 0.3 is 11.9 Å². The van der Waals surface area contributed by atoms with Crippen molar-refractivity contribution in [3.05, 3.63) is 0 Å². The van der Waals surface area contributed by atoms with Gasteiger partial charge in [0.05, 0.1) is 12.5 Å². The molecule has 0 aliphatic rings. The number of hydrogen-bond donors (Lipinski definition) is 3. The number of carboxylic acid groups (broad SMARTS) is 1. The molecule has 0 aromatic rings. The largest absolute Gasteiger partial charge is 0.480 e. The van der Waals surface area contributed by atoms with Gasteiger partial charge in [-0.1, -0.05) is 20.8 Å². The molecule has 3 N–H and O–H groups in total. The summed E-state index contributed by atoms with van der Waals surface area (Å²) in [7, 11) is 0. The first-order chi connectivity index (χ1) is 9.68.